The maximum absolute atomic E-state index is 12.1. The van der Waals surface area contributed by atoms with Crippen molar-refractivity contribution >= 4 is 18.0 Å². The van der Waals surface area contributed by atoms with Crippen LogP contribution in [0.3, 0.4) is 0 Å². The Morgan fingerprint density at radius 1 is 1.40 bits per heavy atom. The van der Waals surface area contributed by atoms with Gasteiger partial charge in [-0.1, -0.05) is 0 Å². The minimum absolute atomic E-state index is 0.0941. The lowest BCUT2D eigenvalue weighted by Crippen LogP contribution is -2.57. The number of imide groups is 1. The molecule has 0 saturated carbocycles. The number of carbonyl (C=O) groups is 3. The SMILES string of the molecule is O=C1NC(=O)N2CCN(C(=O)NC[C@@H]3CCCO3)C[C@@H]12. The molecule has 3 aliphatic heterocycles. The zero-order chi connectivity index (χ0) is 14.1. The van der Waals surface area contributed by atoms with E-state index in [1.165, 1.54) is 4.90 Å². The summed E-state index contributed by atoms with van der Waals surface area (Å²) in [5.41, 5.74) is 0. The molecule has 0 spiro atoms. The summed E-state index contributed by atoms with van der Waals surface area (Å²) in [5, 5.41) is 5.09. The minimum Gasteiger partial charge on any atom is -0.376 e. The van der Waals surface area contributed by atoms with Crippen molar-refractivity contribution in [1.82, 2.24) is 20.4 Å². The molecule has 8 heteroatoms. The third kappa shape index (κ3) is 2.43. The summed E-state index contributed by atoms with van der Waals surface area (Å²) in [5.74, 6) is -0.327. The van der Waals surface area contributed by atoms with Gasteiger partial charge in [-0.05, 0) is 12.8 Å². The Morgan fingerprint density at radius 3 is 3.00 bits per heavy atom. The number of piperazine rings is 1. The summed E-state index contributed by atoms with van der Waals surface area (Å²) in [6.07, 6.45) is 2.09. The molecule has 0 bridgehead atoms. The van der Waals surface area contributed by atoms with E-state index in [2.05, 4.69) is 10.6 Å². The van der Waals surface area contributed by atoms with E-state index in [0.29, 0.717) is 19.6 Å². The van der Waals surface area contributed by atoms with E-state index in [9.17, 15) is 14.4 Å². The Bertz CT molecular complexity index is 435. The number of carbonyl (C=O) groups excluding carboxylic acids is 3. The number of amides is 5. The molecule has 5 amide bonds. The molecular weight excluding hydrogens is 264 g/mol. The molecule has 3 saturated heterocycles. The fraction of sp³-hybridized carbons (Fsp3) is 0.750. The van der Waals surface area contributed by atoms with E-state index in [1.54, 1.807) is 4.90 Å². The Kier molecular flexibility index (Phi) is 3.47. The van der Waals surface area contributed by atoms with E-state index >= 15 is 0 Å². The van der Waals surface area contributed by atoms with E-state index in [4.69, 9.17) is 4.74 Å². The summed E-state index contributed by atoms with van der Waals surface area (Å²) in [4.78, 5) is 38.2. The lowest BCUT2D eigenvalue weighted by Gasteiger charge is -2.35. The third-order valence-electron chi connectivity index (χ3n) is 3.97. The molecule has 0 aromatic heterocycles. The van der Waals surface area contributed by atoms with Gasteiger partial charge in [0.1, 0.15) is 6.04 Å². The second-order valence-corrected chi connectivity index (χ2v) is 5.27. The lowest BCUT2D eigenvalue weighted by atomic mass is 10.2. The Hall–Kier alpha value is -1.83. The first-order valence-corrected chi connectivity index (χ1v) is 6.91. The van der Waals surface area contributed by atoms with Crippen LogP contribution in [0, 0.1) is 0 Å². The maximum atomic E-state index is 12.1. The summed E-state index contributed by atoms with van der Waals surface area (Å²) in [6.45, 7) is 2.32. The number of ether oxygens (including phenoxy) is 1. The Balaban J connectivity index is 1.51. The van der Waals surface area contributed by atoms with Gasteiger partial charge in [0.2, 0.25) is 0 Å². The highest BCUT2D eigenvalue weighted by Crippen LogP contribution is 2.15. The fourth-order valence-electron chi connectivity index (χ4n) is 2.81. The molecule has 0 radical (unpaired) electrons. The predicted octanol–water partition coefficient (Wildman–Crippen LogP) is -0.889. The summed E-state index contributed by atoms with van der Waals surface area (Å²) >= 11 is 0. The van der Waals surface area contributed by atoms with Crippen molar-refractivity contribution < 1.29 is 19.1 Å². The van der Waals surface area contributed by atoms with Crippen molar-refractivity contribution in [2.45, 2.75) is 25.0 Å². The first-order valence-electron chi connectivity index (χ1n) is 6.91. The summed E-state index contributed by atoms with van der Waals surface area (Å²) in [6, 6.07) is -1.11. The third-order valence-corrected chi connectivity index (χ3v) is 3.97. The first kappa shape index (κ1) is 13.2. The zero-order valence-corrected chi connectivity index (χ0v) is 11.1. The number of hydrogen-bond acceptors (Lipinski definition) is 4. The van der Waals surface area contributed by atoms with Crippen LogP contribution in [0.4, 0.5) is 9.59 Å². The van der Waals surface area contributed by atoms with Gasteiger partial charge in [-0.25, -0.2) is 9.59 Å². The molecule has 110 valence electrons. The molecule has 0 unspecified atom stereocenters. The molecule has 20 heavy (non-hydrogen) atoms. The molecule has 3 heterocycles. The van der Waals surface area contributed by atoms with Crippen molar-refractivity contribution in [3.63, 3.8) is 0 Å². The predicted molar refractivity (Wildman–Crippen MR) is 68.0 cm³/mol. The fourth-order valence-corrected chi connectivity index (χ4v) is 2.81. The number of urea groups is 2. The van der Waals surface area contributed by atoms with Gasteiger partial charge in [-0.3, -0.25) is 10.1 Å². The molecular formula is C12H18N4O4. The van der Waals surface area contributed by atoms with Gasteiger partial charge in [-0.15, -0.1) is 0 Å². The van der Waals surface area contributed by atoms with Crippen LogP contribution in [0.25, 0.3) is 0 Å². The number of nitrogens with zero attached hydrogens (tertiary/aromatic N) is 2. The molecule has 0 aromatic rings. The average Bonchev–Trinajstić information content (AvgIpc) is 3.05. The zero-order valence-electron chi connectivity index (χ0n) is 11.1. The second-order valence-electron chi connectivity index (χ2n) is 5.27. The summed E-state index contributed by atoms with van der Waals surface area (Å²) < 4.78 is 5.44. The van der Waals surface area contributed by atoms with Gasteiger partial charge in [0, 0.05) is 26.2 Å². The topological polar surface area (TPSA) is 91.0 Å². The summed E-state index contributed by atoms with van der Waals surface area (Å²) in [7, 11) is 0. The highest BCUT2D eigenvalue weighted by atomic mass is 16.5. The number of nitrogens with one attached hydrogen (secondary N) is 2. The van der Waals surface area contributed by atoms with Crippen molar-refractivity contribution in [1.29, 1.82) is 0 Å². The molecule has 0 aliphatic carbocycles. The van der Waals surface area contributed by atoms with Crippen LogP contribution in [-0.4, -0.2) is 72.7 Å². The van der Waals surface area contributed by atoms with Crippen LogP contribution < -0.4 is 10.6 Å². The van der Waals surface area contributed by atoms with E-state index < -0.39 is 6.04 Å². The van der Waals surface area contributed by atoms with E-state index in [0.717, 1.165) is 19.4 Å². The first-order chi connectivity index (χ1) is 9.65. The molecule has 3 fully saturated rings. The number of fused-ring (bicyclic) bond motifs is 1. The van der Waals surface area contributed by atoms with Gasteiger partial charge < -0.3 is 19.9 Å². The molecule has 3 aliphatic rings. The lowest BCUT2D eigenvalue weighted by molar-refractivity contribution is -0.122. The van der Waals surface area contributed by atoms with Gasteiger partial charge in [0.05, 0.1) is 12.6 Å². The Morgan fingerprint density at radius 2 is 2.25 bits per heavy atom. The van der Waals surface area contributed by atoms with Gasteiger partial charge in [-0.2, -0.15) is 0 Å². The number of rotatable bonds is 2. The molecule has 2 N–H and O–H groups in total. The van der Waals surface area contributed by atoms with E-state index in [-0.39, 0.29) is 30.6 Å². The smallest absolute Gasteiger partial charge is 0.324 e. The molecule has 0 aromatic carbocycles. The van der Waals surface area contributed by atoms with Crippen molar-refractivity contribution in [3.8, 4) is 0 Å². The minimum atomic E-state index is -0.551. The molecule has 8 nitrogen and oxygen atoms in total. The van der Waals surface area contributed by atoms with Crippen LogP contribution >= 0.6 is 0 Å². The van der Waals surface area contributed by atoms with Gasteiger partial charge >= 0.3 is 12.1 Å². The van der Waals surface area contributed by atoms with E-state index in [1.807, 2.05) is 0 Å². The van der Waals surface area contributed by atoms with Gasteiger partial charge in [0.15, 0.2) is 0 Å². The van der Waals surface area contributed by atoms with Crippen molar-refractivity contribution in [3.05, 3.63) is 0 Å². The van der Waals surface area contributed by atoms with Crippen LogP contribution in [-0.2, 0) is 9.53 Å². The Labute approximate surface area is 116 Å². The number of hydrogen-bond donors (Lipinski definition) is 2. The quantitative estimate of drug-likeness (QED) is 0.643. The van der Waals surface area contributed by atoms with Crippen LogP contribution in [0.15, 0.2) is 0 Å². The average molecular weight is 282 g/mol. The van der Waals surface area contributed by atoms with Crippen molar-refractivity contribution in [2.75, 3.05) is 32.8 Å². The highest BCUT2D eigenvalue weighted by molar-refractivity contribution is 6.04. The highest BCUT2D eigenvalue weighted by Gasteiger charge is 2.43. The van der Waals surface area contributed by atoms with Crippen LogP contribution in [0.2, 0.25) is 0 Å². The second kappa shape index (κ2) is 5.28. The van der Waals surface area contributed by atoms with Gasteiger partial charge in [0.25, 0.3) is 5.91 Å². The standard InChI is InChI=1S/C12H18N4O4/c17-10-9-7-15(3-4-16(9)12(19)14-10)11(18)13-6-8-2-1-5-20-8/h8-9H,1-7H2,(H,13,18)(H,14,17,19)/t8-,9-/m0/s1. The largest absolute Gasteiger partial charge is 0.376 e. The normalized spacial score (nSPS) is 29.4. The molecule has 3 rings (SSSR count). The van der Waals surface area contributed by atoms with Crippen LogP contribution in [0.5, 0.6) is 0 Å². The monoisotopic (exact) mass is 282 g/mol. The van der Waals surface area contributed by atoms with Crippen LogP contribution in [0.1, 0.15) is 12.8 Å². The maximum Gasteiger partial charge on any atom is 0.324 e. The van der Waals surface area contributed by atoms with Crippen molar-refractivity contribution in [2.24, 2.45) is 0 Å². The molecule has 2 atom stereocenters.